The highest BCUT2D eigenvalue weighted by Crippen LogP contribution is 2.36. The highest BCUT2D eigenvalue weighted by Gasteiger charge is 2.36. The molecule has 30 heavy (non-hydrogen) atoms. The van der Waals surface area contributed by atoms with Gasteiger partial charge in [-0.2, -0.15) is 13.2 Å². The van der Waals surface area contributed by atoms with Crippen LogP contribution in [0.2, 0.25) is 5.02 Å². The lowest BCUT2D eigenvalue weighted by Gasteiger charge is -2.17. The molecule has 2 N–H and O–H groups in total. The van der Waals surface area contributed by atoms with Crippen LogP contribution in [-0.4, -0.2) is 11.6 Å². The van der Waals surface area contributed by atoms with Gasteiger partial charge in [0, 0.05) is 15.6 Å². The van der Waals surface area contributed by atoms with Crippen molar-refractivity contribution < 1.29 is 22.4 Å². The number of alkyl halides is 3. The maximum atomic E-state index is 14.1. The van der Waals surface area contributed by atoms with Gasteiger partial charge in [0.25, 0.3) is 5.91 Å². The lowest BCUT2D eigenvalue weighted by molar-refractivity contribution is -0.137. The zero-order chi connectivity index (χ0) is 22.1. The molecule has 0 fully saturated rings. The van der Waals surface area contributed by atoms with Crippen LogP contribution in [0, 0.1) is 11.2 Å². The predicted molar refractivity (Wildman–Crippen MR) is 111 cm³/mol. The van der Waals surface area contributed by atoms with Gasteiger partial charge in [-0.05, 0) is 42.5 Å². The lowest BCUT2D eigenvalue weighted by atomic mass is 9.99. The van der Waals surface area contributed by atoms with Gasteiger partial charge >= 0.3 is 6.18 Å². The molecular formula is C21H12BrClF4N2O. The van der Waals surface area contributed by atoms with E-state index >= 15 is 0 Å². The predicted octanol–water partition coefficient (Wildman–Crippen LogP) is 6.93. The summed E-state index contributed by atoms with van der Waals surface area (Å²) >= 11 is 9.11. The Morgan fingerprint density at radius 3 is 2.37 bits per heavy atom. The van der Waals surface area contributed by atoms with Gasteiger partial charge in [-0.1, -0.05) is 45.7 Å². The first-order valence-electron chi connectivity index (χ1n) is 8.40. The van der Waals surface area contributed by atoms with Gasteiger partial charge in [-0.25, -0.2) is 4.39 Å². The van der Waals surface area contributed by atoms with E-state index in [0.29, 0.717) is 4.47 Å². The molecule has 0 atom stereocenters. The SMILES string of the molecule is N=C(c1ccccc1F)c1ccc(Br)cc1NC(=O)c1c(Cl)cccc1C(F)(F)F. The molecular weight excluding hydrogens is 488 g/mol. The van der Waals surface area contributed by atoms with Crippen LogP contribution in [0.25, 0.3) is 0 Å². The highest BCUT2D eigenvalue weighted by molar-refractivity contribution is 9.10. The van der Waals surface area contributed by atoms with Gasteiger partial charge in [-0.3, -0.25) is 10.2 Å². The van der Waals surface area contributed by atoms with Crippen molar-refractivity contribution in [1.29, 1.82) is 5.41 Å². The summed E-state index contributed by atoms with van der Waals surface area (Å²) in [7, 11) is 0. The first kappa shape index (κ1) is 22.0. The number of amides is 1. The van der Waals surface area contributed by atoms with E-state index in [1.54, 1.807) is 12.1 Å². The normalized spacial score (nSPS) is 11.3. The van der Waals surface area contributed by atoms with E-state index in [-0.39, 0.29) is 27.5 Å². The highest BCUT2D eigenvalue weighted by atomic mass is 79.9. The third-order valence-corrected chi connectivity index (χ3v) is 5.00. The molecule has 9 heteroatoms. The maximum absolute atomic E-state index is 14.1. The number of hydrogen-bond acceptors (Lipinski definition) is 2. The minimum atomic E-state index is -4.79. The molecule has 3 aromatic carbocycles. The number of rotatable bonds is 4. The van der Waals surface area contributed by atoms with Crippen LogP contribution in [0.3, 0.4) is 0 Å². The Labute approximate surface area is 182 Å². The fourth-order valence-corrected chi connectivity index (χ4v) is 3.44. The fourth-order valence-electron chi connectivity index (χ4n) is 2.82. The number of halogens is 6. The summed E-state index contributed by atoms with van der Waals surface area (Å²) in [5.74, 6) is -1.75. The second kappa shape index (κ2) is 8.57. The summed E-state index contributed by atoms with van der Waals surface area (Å²) in [6.07, 6.45) is -4.79. The number of nitrogens with one attached hydrogen (secondary N) is 2. The van der Waals surface area contributed by atoms with E-state index < -0.39 is 29.0 Å². The van der Waals surface area contributed by atoms with Gasteiger partial charge in [-0.15, -0.1) is 0 Å². The van der Waals surface area contributed by atoms with E-state index in [9.17, 15) is 22.4 Å². The third-order valence-electron chi connectivity index (χ3n) is 4.19. The Morgan fingerprint density at radius 2 is 1.70 bits per heavy atom. The van der Waals surface area contributed by atoms with Crippen molar-refractivity contribution >= 4 is 44.8 Å². The summed E-state index contributed by atoms with van der Waals surface area (Å²) in [6.45, 7) is 0. The van der Waals surface area contributed by atoms with Crippen molar-refractivity contribution in [2.24, 2.45) is 0 Å². The topological polar surface area (TPSA) is 53.0 Å². The van der Waals surface area contributed by atoms with Crippen LogP contribution in [0.1, 0.15) is 27.0 Å². The number of anilines is 1. The summed E-state index contributed by atoms with van der Waals surface area (Å²) in [5.41, 5.74) is -2.05. The van der Waals surface area contributed by atoms with Gasteiger partial charge in [0.1, 0.15) is 5.82 Å². The van der Waals surface area contributed by atoms with E-state index in [0.717, 1.165) is 12.1 Å². The molecule has 0 unspecified atom stereocenters. The Morgan fingerprint density at radius 1 is 1.00 bits per heavy atom. The second-order valence-corrected chi connectivity index (χ2v) is 7.48. The van der Waals surface area contributed by atoms with Crippen LogP contribution >= 0.6 is 27.5 Å². The minimum Gasteiger partial charge on any atom is -0.321 e. The van der Waals surface area contributed by atoms with Crippen LogP contribution in [0.4, 0.5) is 23.2 Å². The van der Waals surface area contributed by atoms with Gasteiger partial charge in [0.15, 0.2) is 0 Å². The largest absolute Gasteiger partial charge is 0.417 e. The molecule has 0 bridgehead atoms. The Hall–Kier alpha value is -2.71. The van der Waals surface area contributed by atoms with Crippen LogP contribution in [0.5, 0.6) is 0 Å². The summed E-state index contributed by atoms with van der Waals surface area (Å²) in [4.78, 5) is 12.7. The Bertz CT molecular complexity index is 1150. The van der Waals surface area contributed by atoms with Crippen molar-refractivity contribution in [2.75, 3.05) is 5.32 Å². The van der Waals surface area contributed by atoms with Crippen LogP contribution in [0.15, 0.2) is 65.1 Å². The smallest absolute Gasteiger partial charge is 0.321 e. The van der Waals surface area contributed by atoms with Gasteiger partial charge in [0.2, 0.25) is 0 Å². The molecule has 0 aromatic heterocycles. The average Bonchev–Trinajstić information content (AvgIpc) is 2.67. The second-order valence-electron chi connectivity index (χ2n) is 6.16. The summed E-state index contributed by atoms with van der Waals surface area (Å²) in [5, 5.41) is 10.3. The van der Waals surface area contributed by atoms with E-state index in [2.05, 4.69) is 21.2 Å². The first-order chi connectivity index (χ1) is 14.1. The number of carbonyl (C=O) groups excluding carboxylic acids is 1. The molecule has 0 saturated heterocycles. The maximum Gasteiger partial charge on any atom is 0.417 e. The Balaban J connectivity index is 2.05. The molecule has 0 aliphatic carbocycles. The van der Waals surface area contributed by atoms with Gasteiger partial charge < -0.3 is 5.32 Å². The number of carbonyl (C=O) groups is 1. The summed E-state index contributed by atoms with van der Waals surface area (Å²) < 4.78 is 54.6. The minimum absolute atomic E-state index is 0.0238. The van der Waals surface area contributed by atoms with Crippen LogP contribution < -0.4 is 5.32 Å². The summed E-state index contributed by atoms with van der Waals surface area (Å²) in [6, 6.07) is 13.0. The van der Waals surface area contributed by atoms with E-state index in [1.165, 1.54) is 36.4 Å². The fraction of sp³-hybridized carbons (Fsp3) is 0.0476. The molecule has 1 amide bonds. The van der Waals surface area contributed by atoms with Crippen molar-refractivity contribution in [3.63, 3.8) is 0 Å². The molecule has 3 aromatic rings. The monoisotopic (exact) mass is 498 g/mol. The van der Waals surface area contributed by atoms with Crippen LogP contribution in [-0.2, 0) is 6.18 Å². The van der Waals surface area contributed by atoms with Crippen molar-refractivity contribution in [1.82, 2.24) is 0 Å². The number of benzene rings is 3. The lowest BCUT2D eigenvalue weighted by Crippen LogP contribution is -2.21. The molecule has 0 spiro atoms. The average molecular weight is 500 g/mol. The molecule has 0 heterocycles. The van der Waals surface area contributed by atoms with E-state index in [4.69, 9.17) is 17.0 Å². The van der Waals surface area contributed by atoms with Crippen molar-refractivity contribution in [3.8, 4) is 0 Å². The Kier molecular flexibility index (Phi) is 6.28. The molecule has 0 aliphatic heterocycles. The zero-order valence-corrected chi connectivity index (χ0v) is 17.3. The molecule has 3 nitrogen and oxygen atoms in total. The standard InChI is InChI=1S/C21H12BrClF4N2O/c22-11-8-9-13(19(28)12-4-1-2-7-16(12)24)17(10-11)29-20(30)18-14(21(25,26)27)5-3-6-15(18)23/h1-10,28H,(H,29,30). The van der Waals surface area contributed by atoms with E-state index in [1.807, 2.05) is 0 Å². The third kappa shape index (κ3) is 4.55. The molecule has 154 valence electrons. The number of hydrogen-bond donors (Lipinski definition) is 2. The molecule has 0 saturated carbocycles. The first-order valence-corrected chi connectivity index (χ1v) is 9.57. The quantitative estimate of drug-likeness (QED) is 0.297. The molecule has 0 radical (unpaired) electrons. The zero-order valence-electron chi connectivity index (χ0n) is 14.9. The van der Waals surface area contributed by atoms with Gasteiger partial charge in [0.05, 0.1) is 27.5 Å². The molecule has 3 rings (SSSR count). The van der Waals surface area contributed by atoms with Crippen molar-refractivity contribution in [2.45, 2.75) is 6.18 Å². The molecule has 0 aliphatic rings. The van der Waals surface area contributed by atoms with Crippen molar-refractivity contribution in [3.05, 3.63) is 98.2 Å².